The molecule has 0 radical (unpaired) electrons. The molecule has 0 N–H and O–H groups in total. The quantitative estimate of drug-likeness (QED) is 0.509. The Morgan fingerprint density at radius 3 is 2.42 bits per heavy atom. The molecule has 1 aliphatic rings. The average Bonchev–Trinajstić information content (AvgIpc) is 3.16. The van der Waals surface area contributed by atoms with Crippen molar-refractivity contribution in [3.05, 3.63) is 57.9 Å². The number of carbonyl (C=O) groups is 1. The van der Waals surface area contributed by atoms with E-state index in [1.165, 1.54) is 39.8 Å². The van der Waals surface area contributed by atoms with E-state index in [1.54, 1.807) is 19.2 Å². The van der Waals surface area contributed by atoms with Gasteiger partial charge in [0.05, 0.1) is 15.1 Å². The first-order chi connectivity index (χ1) is 15.7. The molecule has 8 heteroatoms. The van der Waals surface area contributed by atoms with Crippen LogP contribution < -0.4 is 4.80 Å². The number of amides is 1. The van der Waals surface area contributed by atoms with Crippen LogP contribution in [0.3, 0.4) is 0 Å². The van der Waals surface area contributed by atoms with Crippen molar-refractivity contribution < 1.29 is 13.2 Å². The fourth-order valence-corrected chi connectivity index (χ4v) is 7.38. The fourth-order valence-electron chi connectivity index (χ4n) is 4.70. The number of nitrogens with zero attached hydrogens (tertiary/aromatic N) is 3. The summed E-state index contributed by atoms with van der Waals surface area (Å²) in [5, 5.41) is 0. The van der Waals surface area contributed by atoms with Crippen molar-refractivity contribution >= 4 is 37.5 Å². The number of fused-ring (bicyclic) bond motifs is 1. The van der Waals surface area contributed by atoms with E-state index in [0.717, 1.165) is 41.5 Å². The van der Waals surface area contributed by atoms with E-state index >= 15 is 0 Å². The van der Waals surface area contributed by atoms with Crippen LogP contribution in [0.4, 0.5) is 0 Å². The molecule has 2 aromatic carbocycles. The van der Waals surface area contributed by atoms with Crippen molar-refractivity contribution in [3.63, 3.8) is 0 Å². The molecular weight excluding hydrogens is 454 g/mol. The van der Waals surface area contributed by atoms with Gasteiger partial charge in [0.25, 0.3) is 5.91 Å². The minimum Gasteiger partial charge on any atom is -0.316 e. The molecule has 0 bridgehead atoms. The summed E-state index contributed by atoms with van der Waals surface area (Å²) in [7, 11) is -1.93. The van der Waals surface area contributed by atoms with Crippen LogP contribution in [0.2, 0.25) is 0 Å². The Bertz CT molecular complexity index is 1350. The van der Waals surface area contributed by atoms with Gasteiger partial charge in [-0.15, -0.1) is 0 Å². The Kier molecular flexibility index (Phi) is 6.88. The standard InChI is InChI=1S/C25H31N3O3S2/c1-5-28-23-18(3)15-17(2)16-22(23)32-25(28)26-24(29)19-11-13-21(14-12-19)33(30,31)27(4)20-9-7-6-8-10-20/h11-16,20H,5-10H2,1-4H3. The van der Waals surface area contributed by atoms with Crippen LogP contribution in [0.1, 0.15) is 60.5 Å². The highest BCUT2D eigenvalue weighted by molar-refractivity contribution is 7.89. The molecule has 33 heavy (non-hydrogen) atoms. The molecule has 1 heterocycles. The van der Waals surface area contributed by atoms with E-state index in [1.807, 2.05) is 6.92 Å². The van der Waals surface area contributed by atoms with Gasteiger partial charge in [0, 0.05) is 25.2 Å². The summed E-state index contributed by atoms with van der Waals surface area (Å²) in [6, 6.07) is 10.5. The SMILES string of the molecule is CCn1c(=NC(=O)c2ccc(S(=O)(=O)N(C)C3CCCCC3)cc2)sc2cc(C)cc(C)c21. The Morgan fingerprint density at radius 1 is 1.12 bits per heavy atom. The van der Waals surface area contributed by atoms with Gasteiger partial charge in [0.15, 0.2) is 4.80 Å². The first kappa shape index (κ1) is 23.9. The summed E-state index contributed by atoms with van der Waals surface area (Å²) in [6.45, 7) is 6.88. The van der Waals surface area contributed by atoms with Gasteiger partial charge < -0.3 is 4.57 Å². The summed E-state index contributed by atoms with van der Waals surface area (Å²) in [4.78, 5) is 18.2. The van der Waals surface area contributed by atoms with E-state index in [-0.39, 0.29) is 16.8 Å². The van der Waals surface area contributed by atoms with Gasteiger partial charge in [0.1, 0.15) is 0 Å². The van der Waals surface area contributed by atoms with Crippen LogP contribution in [-0.4, -0.2) is 36.3 Å². The van der Waals surface area contributed by atoms with Crippen LogP contribution in [0, 0.1) is 13.8 Å². The molecule has 1 aliphatic carbocycles. The fraction of sp³-hybridized carbons (Fsp3) is 0.440. The zero-order chi connectivity index (χ0) is 23.8. The largest absolute Gasteiger partial charge is 0.316 e. The molecule has 1 fully saturated rings. The zero-order valence-electron chi connectivity index (χ0n) is 19.7. The molecule has 6 nitrogen and oxygen atoms in total. The summed E-state index contributed by atoms with van der Waals surface area (Å²) < 4.78 is 30.8. The first-order valence-electron chi connectivity index (χ1n) is 11.5. The van der Waals surface area contributed by atoms with Gasteiger partial charge in [-0.25, -0.2) is 8.42 Å². The van der Waals surface area contributed by atoms with Gasteiger partial charge in [-0.1, -0.05) is 36.7 Å². The van der Waals surface area contributed by atoms with Crippen LogP contribution in [0.15, 0.2) is 46.3 Å². The number of benzene rings is 2. The number of sulfonamides is 1. The Hall–Kier alpha value is -2.29. The molecule has 1 aromatic heterocycles. The molecule has 0 spiro atoms. The minimum absolute atomic E-state index is 0.0459. The maximum Gasteiger partial charge on any atom is 0.279 e. The van der Waals surface area contributed by atoms with Crippen LogP contribution in [0.5, 0.6) is 0 Å². The molecular formula is C25H31N3O3S2. The molecule has 1 amide bonds. The van der Waals surface area contributed by atoms with Crippen LogP contribution in [-0.2, 0) is 16.6 Å². The minimum atomic E-state index is -3.59. The Labute approximate surface area is 199 Å². The molecule has 4 rings (SSSR count). The highest BCUT2D eigenvalue weighted by Crippen LogP contribution is 2.27. The average molecular weight is 486 g/mol. The topological polar surface area (TPSA) is 71.7 Å². The number of aryl methyl sites for hydroxylation is 3. The van der Waals surface area contributed by atoms with E-state index in [0.29, 0.717) is 16.9 Å². The summed E-state index contributed by atoms with van der Waals surface area (Å²) in [6.07, 6.45) is 5.09. The van der Waals surface area contributed by atoms with Gasteiger partial charge in [-0.05, 0) is 75.1 Å². The Balaban J connectivity index is 1.63. The van der Waals surface area contributed by atoms with Crippen LogP contribution >= 0.6 is 11.3 Å². The highest BCUT2D eigenvalue weighted by Gasteiger charge is 2.29. The van der Waals surface area contributed by atoms with Crippen molar-refractivity contribution in [2.45, 2.75) is 70.4 Å². The second-order valence-corrected chi connectivity index (χ2v) is 11.8. The number of hydrogen-bond donors (Lipinski definition) is 0. The van der Waals surface area contributed by atoms with Gasteiger partial charge in [0.2, 0.25) is 10.0 Å². The zero-order valence-corrected chi connectivity index (χ0v) is 21.3. The van der Waals surface area contributed by atoms with Crippen molar-refractivity contribution in [3.8, 4) is 0 Å². The smallest absolute Gasteiger partial charge is 0.279 e. The lowest BCUT2D eigenvalue weighted by Crippen LogP contribution is -2.38. The number of aromatic nitrogens is 1. The molecule has 3 aromatic rings. The Morgan fingerprint density at radius 2 is 1.79 bits per heavy atom. The maximum atomic E-state index is 13.1. The maximum absolute atomic E-state index is 13.1. The number of thiazole rings is 1. The van der Waals surface area contributed by atoms with Crippen molar-refractivity contribution in [2.75, 3.05) is 7.05 Å². The normalized spacial score (nSPS) is 16.1. The lowest BCUT2D eigenvalue weighted by Gasteiger charge is -2.30. The van der Waals surface area contributed by atoms with E-state index in [9.17, 15) is 13.2 Å². The molecule has 0 atom stereocenters. The lowest BCUT2D eigenvalue weighted by atomic mass is 9.96. The molecule has 0 aliphatic heterocycles. The molecule has 176 valence electrons. The third-order valence-corrected chi connectivity index (χ3v) is 9.44. The number of hydrogen-bond acceptors (Lipinski definition) is 4. The van der Waals surface area contributed by atoms with Crippen LogP contribution in [0.25, 0.3) is 10.2 Å². The van der Waals surface area contributed by atoms with Crippen molar-refractivity contribution in [1.29, 1.82) is 0 Å². The molecule has 1 saturated carbocycles. The molecule has 0 saturated heterocycles. The summed E-state index contributed by atoms with van der Waals surface area (Å²) in [5.41, 5.74) is 3.82. The van der Waals surface area contributed by atoms with E-state index < -0.39 is 10.0 Å². The summed E-state index contributed by atoms with van der Waals surface area (Å²) in [5.74, 6) is -0.372. The first-order valence-corrected chi connectivity index (χ1v) is 13.8. The number of carbonyl (C=O) groups excluding carboxylic acids is 1. The van der Waals surface area contributed by atoms with E-state index in [2.05, 4.69) is 35.5 Å². The predicted octanol–water partition coefficient (Wildman–Crippen LogP) is 5.03. The second-order valence-electron chi connectivity index (χ2n) is 8.81. The number of rotatable bonds is 5. The van der Waals surface area contributed by atoms with Gasteiger partial charge in [-0.2, -0.15) is 9.30 Å². The molecule has 0 unspecified atom stereocenters. The summed E-state index contributed by atoms with van der Waals surface area (Å²) >= 11 is 1.50. The van der Waals surface area contributed by atoms with Gasteiger partial charge in [-0.3, -0.25) is 4.79 Å². The van der Waals surface area contributed by atoms with Crippen molar-refractivity contribution in [2.24, 2.45) is 4.99 Å². The van der Waals surface area contributed by atoms with E-state index in [4.69, 9.17) is 0 Å². The van der Waals surface area contributed by atoms with Gasteiger partial charge >= 0.3 is 0 Å². The predicted molar refractivity (Wildman–Crippen MR) is 133 cm³/mol. The lowest BCUT2D eigenvalue weighted by molar-refractivity contribution is 0.0997. The second kappa shape index (κ2) is 9.52. The van der Waals surface area contributed by atoms with Crippen molar-refractivity contribution in [1.82, 2.24) is 8.87 Å². The third kappa shape index (κ3) is 4.69. The monoisotopic (exact) mass is 485 g/mol. The third-order valence-electron chi connectivity index (χ3n) is 6.49. The highest BCUT2D eigenvalue weighted by atomic mass is 32.2.